The maximum atomic E-state index is 13.9. The number of imidazole rings is 1. The summed E-state index contributed by atoms with van der Waals surface area (Å²) in [5, 5.41) is 15.1. The maximum absolute atomic E-state index is 13.9. The Morgan fingerprint density at radius 2 is 1.92 bits per heavy atom. The maximum Gasteiger partial charge on any atom is 0.435 e. The molecule has 1 amide bonds. The van der Waals surface area contributed by atoms with Crippen LogP contribution in [0.25, 0.3) is 0 Å². The van der Waals surface area contributed by atoms with Crippen LogP contribution in [0.1, 0.15) is 69.5 Å². The number of nitrogens with zero attached hydrogens (tertiary/aromatic N) is 4. The first-order valence-corrected chi connectivity index (χ1v) is 13.3. The molecule has 37 heavy (non-hydrogen) atoms. The number of halogens is 4. The Morgan fingerprint density at radius 1 is 1.16 bits per heavy atom. The van der Waals surface area contributed by atoms with E-state index in [2.05, 4.69) is 10.4 Å². The average Bonchev–Trinajstić information content (AvgIpc) is 3.44. The predicted molar refractivity (Wildman–Crippen MR) is 130 cm³/mol. The first kappa shape index (κ1) is 27.4. The van der Waals surface area contributed by atoms with Gasteiger partial charge in [0.2, 0.25) is 11.5 Å². The molecular formula is C26H38F4N6O. The van der Waals surface area contributed by atoms with E-state index in [1.54, 1.807) is 35.5 Å². The number of alkyl halides is 4. The van der Waals surface area contributed by atoms with E-state index in [1.165, 1.54) is 10.9 Å². The summed E-state index contributed by atoms with van der Waals surface area (Å²) in [6.45, 7) is 4.89. The van der Waals surface area contributed by atoms with Crippen LogP contribution in [0.3, 0.4) is 0 Å². The van der Waals surface area contributed by atoms with Crippen molar-refractivity contribution < 1.29 is 22.4 Å². The van der Waals surface area contributed by atoms with Crippen molar-refractivity contribution in [2.45, 2.75) is 83.7 Å². The lowest BCUT2D eigenvalue weighted by Gasteiger charge is -2.35. The molecule has 4 rings (SSSR count). The predicted octanol–water partition coefficient (Wildman–Crippen LogP) is 4.63. The summed E-state index contributed by atoms with van der Waals surface area (Å²) in [6.07, 6.45) is 2.97. The van der Waals surface area contributed by atoms with Crippen molar-refractivity contribution in [1.29, 1.82) is 5.41 Å². The van der Waals surface area contributed by atoms with Crippen molar-refractivity contribution in [1.82, 2.24) is 24.2 Å². The number of nitrogens with one attached hydrogen (secondary N) is 2. The first-order chi connectivity index (χ1) is 17.5. The molecule has 0 aliphatic heterocycles. The van der Waals surface area contributed by atoms with Crippen LogP contribution >= 0.6 is 0 Å². The number of hydrogen-bond donors (Lipinski definition) is 2. The van der Waals surface area contributed by atoms with E-state index in [9.17, 15) is 22.4 Å². The molecule has 2 aliphatic carbocycles. The fourth-order valence-corrected chi connectivity index (χ4v) is 6.17. The van der Waals surface area contributed by atoms with Gasteiger partial charge < -0.3 is 14.5 Å². The van der Waals surface area contributed by atoms with Crippen LogP contribution in [0.4, 0.5) is 17.6 Å². The Balaban J connectivity index is 1.54. The molecule has 6 atom stereocenters. The molecule has 11 heteroatoms. The third-order valence-corrected chi connectivity index (χ3v) is 8.27. The second kappa shape index (κ2) is 11.0. The fourth-order valence-electron chi connectivity index (χ4n) is 6.17. The topological polar surface area (TPSA) is 80.6 Å². The van der Waals surface area contributed by atoms with Gasteiger partial charge >= 0.3 is 6.18 Å². The van der Waals surface area contributed by atoms with E-state index in [1.807, 2.05) is 6.92 Å². The lowest BCUT2D eigenvalue weighted by Crippen LogP contribution is -2.40. The molecule has 0 radical (unpaired) electrons. The van der Waals surface area contributed by atoms with Gasteiger partial charge in [-0.2, -0.15) is 18.3 Å². The molecule has 7 nitrogen and oxygen atoms in total. The van der Waals surface area contributed by atoms with Gasteiger partial charge in [-0.3, -0.25) is 14.9 Å². The van der Waals surface area contributed by atoms with E-state index >= 15 is 0 Å². The molecule has 2 N–H and O–H groups in total. The van der Waals surface area contributed by atoms with Crippen LogP contribution in [-0.4, -0.2) is 37.5 Å². The second-order valence-corrected chi connectivity index (χ2v) is 11.1. The minimum Gasteiger partial charge on any atom is -0.356 e. The van der Waals surface area contributed by atoms with Gasteiger partial charge in [0.1, 0.15) is 6.17 Å². The molecular weight excluding hydrogens is 488 g/mol. The molecule has 0 aromatic carbocycles. The molecule has 2 saturated carbocycles. The van der Waals surface area contributed by atoms with Gasteiger partial charge in [0.25, 0.3) is 0 Å². The zero-order valence-corrected chi connectivity index (χ0v) is 21.8. The normalized spacial score (nSPS) is 28.8. The molecule has 2 aromatic heterocycles. The standard InChI is InChI=1S/C26H38F4N6O/c1-4-36-15-21(23(33-36)26(28,29)30)19-10-18(14-35-8-7-34(3)25(35)31)11-20(12-19)24(37)32-13-17-5-6-22(27)16(2)9-17/h7-8,15-20,22,31H,4-6,9-14H2,1-3H3,(H,32,37). The van der Waals surface area contributed by atoms with Crippen molar-refractivity contribution in [3.05, 3.63) is 35.5 Å². The lowest BCUT2D eigenvalue weighted by molar-refractivity contribution is -0.142. The zero-order valence-electron chi connectivity index (χ0n) is 21.8. The number of aromatic nitrogens is 4. The van der Waals surface area contributed by atoms with Gasteiger partial charge in [-0.05, 0) is 69.1 Å². The Bertz CT molecular complexity index is 1140. The Morgan fingerprint density at radius 3 is 2.54 bits per heavy atom. The van der Waals surface area contributed by atoms with Gasteiger partial charge in [0, 0.05) is 56.8 Å². The molecule has 0 spiro atoms. The first-order valence-electron chi connectivity index (χ1n) is 13.3. The summed E-state index contributed by atoms with van der Waals surface area (Å²) in [5.74, 6) is -0.942. The molecule has 0 saturated heterocycles. The van der Waals surface area contributed by atoms with Crippen LogP contribution in [-0.2, 0) is 31.1 Å². The van der Waals surface area contributed by atoms with Crippen LogP contribution in [0.2, 0.25) is 0 Å². The fraction of sp³-hybridized carbons (Fsp3) is 0.731. The Labute approximate surface area is 214 Å². The molecule has 206 valence electrons. The van der Waals surface area contributed by atoms with Crippen molar-refractivity contribution >= 4 is 5.91 Å². The summed E-state index contributed by atoms with van der Waals surface area (Å²) in [6, 6.07) is 0. The Hall–Kier alpha value is -2.59. The SMILES string of the molecule is CCn1cc(C2CC(Cn3ccn(C)c3=N)CC(C(=O)NCC3CCC(F)C(C)C3)C2)c(C(F)(F)F)n1. The summed E-state index contributed by atoms with van der Waals surface area (Å²) >= 11 is 0. The molecule has 2 aliphatic rings. The number of rotatable bonds is 7. The van der Waals surface area contributed by atoms with Crippen LogP contribution in [0, 0.1) is 29.1 Å². The number of carbonyl (C=O) groups is 1. The van der Waals surface area contributed by atoms with Crippen molar-refractivity contribution in [3.8, 4) is 0 Å². The monoisotopic (exact) mass is 526 g/mol. The van der Waals surface area contributed by atoms with Crippen molar-refractivity contribution in [2.75, 3.05) is 6.54 Å². The van der Waals surface area contributed by atoms with Gasteiger partial charge in [-0.1, -0.05) is 6.92 Å². The number of carbonyl (C=O) groups excluding carboxylic acids is 1. The van der Waals surface area contributed by atoms with Gasteiger partial charge in [-0.15, -0.1) is 0 Å². The van der Waals surface area contributed by atoms with E-state index in [-0.39, 0.29) is 29.2 Å². The largest absolute Gasteiger partial charge is 0.435 e. The molecule has 6 unspecified atom stereocenters. The van der Waals surface area contributed by atoms with Crippen LogP contribution < -0.4 is 10.9 Å². The second-order valence-electron chi connectivity index (χ2n) is 11.1. The lowest BCUT2D eigenvalue weighted by atomic mass is 9.72. The molecule has 2 aromatic rings. The number of aryl methyl sites for hydroxylation is 2. The van der Waals surface area contributed by atoms with E-state index in [0.29, 0.717) is 50.9 Å². The quantitative estimate of drug-likeness (QED) is 0.516. The zero-order chi connectivity index (χ0) is 26.9. The number of amides is 1. The van der Waals surface area contributed by atoms with Gasteiger partial charge in [0.15, 0.2) is 5.69 Å². The average molecular weight is 527 g/mol. The third kappa shape index (κ3) is 6.29. The smallest absolute Gasteiger partial charge is 0.356 e. The van der Waals surface area contributed by atoms with E-state index in [4.69, 9.17) is 5.41 Å². The third-order valence-electron chi connectivity index (χ3n) is 8.27. The molecule has 2 fully saturated rings. The highest BCUT2D eigenvalue weighted by atomic mass is 19.4. The van der Waals surface area contributed by atoms with Gasteiger partial charge in [0.05, 0.1) is 0 Å². The highest BCUT2D eigenvalue weighted by Gasteiger charge is 2.42. The molecule has 0 bridgehead atoms. The highest BCUT2D eigenvalue weighted by Crippen LogP contribution is 2.44. The number of hydrogen-bond acceptors (Lipinski definition) is 3. The summed E-state index contributed by atoms with van der Waals surface area (Å²) in [4.78, 5) is 13.3. The van der Waals surface area contributed by atoms with Crippen LogP contribution in [0.5, 0.6) is 0 Å². The van der Waals surface area contributed by atoms with E-state index in [0.717, 1.165) is 12.8 Å². The van der Waals surface area contributed by atoms with Gasteiger partial charge in [-0.25, -0.2) is 4.39 Å². The summed E-state index contributed by atoms with van der Waals surface area (Å²) < 4.78 is 60.3. The summed E-state index contributed by atoms with van der Waals surface area (Å²) in [7, 11) is 1.77. The highest BCUT2D eigenvalue weighted by molar-refractivity contribution is 5.78. The minimum absolute atomic E-state index is 0.0306. The van der Waals surface area contributed by atoms with Crippen LogP contribution in [0.15, 0.2) is 18.6 Å². The van der Waals surface area contributed by atoms with Crippen molar-refractivity contribution in [2.24, 2.45) is 30.7 Å². The molecule has 2 heterocycles. The minimum atomic E-state index is -4.57. The van der Waals surface area contributed by atoms with E-state index < -0.39 is 29.9 Å². The van der Waals surface area contributed by atoms with Crippen molar-refractivity contribution in [3.63, 3.8) is 0 Å². The summed E-state index contributed by atoms with van der Waals surface area (Å²) in [5.41, 5.74) is -0.420. The Kier molecular flexibility index (Phi) is 8.18.